The summed E-state index contributed by atoms with van der Waals surface area (Å²) < 4.78 is 20.8. The number of halogens is 1. The SMILES string of the molecule is CCOc1ccc(CN(C)C(=O)COC(=O)c2cc(Cl)c(OC)c(OC)c2)cc1. The number of likely N-dealkylation sites (N-methyl/N-ethyl adjacent to an activating group) is 1. The van der Waals surface area contributed by atoms with E-state index in [0.29, 0.717) is 24.7 Å². The maximum atomic E-state index is 12.3. The lowest BCUT2D eigenvalue weighted by molar-refractivity contribution is -0.133. The van der Waals surface area contributed by atoms with Gasteiger partial charge in [-0.3, -0.25) is 4.79 Å². The Labute approximate surface area is 175 Å². The van der Waals surface area contributed by atoms with E-state index < -0.39 is 12.6 Å². The highest BCUT2D eigenvalue weighted by molar-refractivity contribution is 6.32. The predicted octanol–water partition coefficient (Wildman–Crippen LogP) is 3.57. The van der Waals surface area contributed by atoms with Gasteiger partial charge in [0.25, 0.3) is 5.91 Å². The third-order valence-electron chi connectivity index (χ3n) is 4.08. The predicted molar refractivity (Wildman–Crippen MR) is 109 cm³/mol. The second-order valence-electron chi connectivity index (χ2n) is 6.10. The zero-order valence-electron chi connectivity index (χ0n) is 16.9. The molecule has 0 radical (unpaired) electrons. The lowest BCUT2D eigenvalue weighted by Crippen LogP contribution is -2.30. The molecule has 0 saturated heterocycles. The van der Waals surface area contributed by atoms with Crippen LogP contribution in [0.1, 0.15) is 22.8 Å². The second kappa shape index (κ2) is 10.6. The zero-order valence-corrected chi connectivity index (χ0v) is 17.6. The van der Waals surface area contributed by atoms with Crippen LogP contribution in [0.4, 0.5) is 0 Å². The number of esters is 1. The molecule has 0 aromatic heterocycles. The van der Waals surface area contributed by atoms with Crippen molar-refractivity contribution in [1.82, 2.24) is 4.90 Å². The van der Waals surface area contributed by atoms with E-state index in [1.54, 1.807) is 7.05 Å². The standard InChI is InChI=1S/C21H24ClNO6/c1-5-28-16-8-6-14(7-9-16)12-23(2)19(24)13-29-21(25)15-10-17(22)20(27-4)18(11-15)26-3/h6-11H,5,12-13H2,1-4H3. The van der Waals surface area contributed by atoms with Crippen LogP contribution in [0.3, 0.4) is 0 Å². The number of methoxy groups -OCH3 is 2. The summed E-state index contributed by atoms with van der Waals surface area (Å²) in [5.74, 6) is 0.366. The van der Waals surface area contributed by atoms with Crippen LogP contribution in [-0.2, 0) is 16.1 Å². The van der Waals surface area contributed by atoms with Crippen LogP contribution in [0.25, 0.3) is 0 Å². The molecule has 0 unspecified atom stereocenters. The van der Waals surface area contributed by atoms with Gasteiger partial charge in [-0.1, -0.05) is 23.7 Å². The Morgan fingerprint density at radius 3 is 2.34 bits per heavy atom. The molecule has 0 aliphatic carbocycles. The molecule has 0 heterocycles. The molecule has 0 bridgehead atoms. The quantitative estimate of drug-likeness (QED) is 0.576. The molecule has 0 saturated carbocycles. The average molecular weight is 422 g/mol. The van der Waals surface area contributed by atoms with Crippen molar-refractivity contribution in [2.75, 3.05) is 34.5 Å². The van der Waals surface area contributed by atoms with Crippen molar-refractivity contribution in [3.05, 3.63) is 52.5 Å². The molecule has 0 N–H and O–H groups in total. The van der Waals surface area contributed by atoms with E-state index in [1.807, 2.05) is 31.2 Å². The van der Waals surface area contributed by atoms with Crippen molar-refractivity contribution in [2.45, 2.75) is 13.5 Å². The van der Waals surface area contributed by atoms with E-state index in [1.165, 1.54) is 31.3 Å². The van der Waals surface area contributed by atoms with Crippen LogP contribution in [0, 0.1) is 0 Å². The van der Waals surface area contributed by atoms with Gasteiger partial charge in [0.15, 0.2) is 18.1 Å². The van der Waals surface area contributed by atoms with E-state index in [9.17, 15) is 9.59 Å². The number of ether oxygens (including phenoxy) is 4. The number of carbonyl (C=O) groups excluding carboxylic acids is 2. The Balaban J connectivity index is 1.94. The molecule has 2 aromatic carbocycles. The van der Waals surface area contributed by atoms with Crippen molar-refractivity contribution in [3.63, 3.8) is 0 Å². The topological polar surface area (TPSA) is 74.3 Å². The number of carbonyl (C=O) groups is 2. The first-order valence-corrected chi connectivity index (χ1v) is 9.31. The first-order valence-electron chi connectivity index (χ1n) is 8.93. The molecule has 2 aromatic rings. The molecular weight excluding hydrogens is 398 g/mol. The summed E-state index contributed by atoms with van der Waals surface area (Å²) in [4.78, 5) is 26.1. The molecular formula is C21H24ClNO6. The van der Waals surface area contributed by atoms with E-state index in [4.69, 9.17) is 30.5 Å². The van der Waals surface area contributed by atoms with E-state index in [2.05, 4.69) is 0 Å². The van der Waals surface area contributed by atoms with Gasteiger partial charge in [0.1, 0.15) is 5.75 Å². The fourth-order valence-electron chi connectivity index (χ4n) is 2.58. The fourth-order valence-corrected chi connectivity index (χ4v) is 2.86. The largest absolute Gasteiger partial charge is 0.494 e. The highest BCUT2D eigenvalue weighted by Gasteiger charge is 2.18. The summed E-state index contributed by atoms with van der Waals surface area (Å²) in [6.07, 6.45) is 0. The molecule has 0 fully saturated rings. The monoisotopic (exact) mass is 421 g/mol. The zero-order chi connectivity index (χ0) is 21.4. The normalized spacial score (nSPS) is 10.2. The fraction of sp³-hybridized carbons (Fsp3) is 0.333. The van der Waals surface area contributed by atoms with Gasteiger partial charge in [-0.05, 0) is 36.8 Å². The van der Waals surface area contributed by atoms with Crippen LogP contribution in [0.15, 0.2) is 36.4 Å². The van der Waals surface area contributed by atoms with Crippen molar-refractivity contribution in [2.24, 2.45) is 0 Å². The molecule has 0 spiro atoms. The minimum absolute atomic E-state index is 0.162. The highest BCUT2D eigenvalue weighted by atomic mass is 35.5. The molecule has 0 aliphatic heterocycles. The lowest BCUT2D eigenvalue weighted by atomic mass is 10.2. The van der Waals surface area contributed by atoms with E-state index >= 15 is 0 Å². The number of hydrogen-bond donors (Lipinski definition) is 0. The van der Waals surface area contributed by atoms with Crippen LogP contribution >= 0.6 is 11.6 Å². The van der Waals surface area contributed by atoms with Gasteiger partial charge < -0.3 is 23.8 Å². The Morgan fingerprint density at radius 1 is 1.07 bits per heavy atom. The van der Waals surface area contributed by atoms with E-state index in [0.717, 1.165) is 11.3 Å². The number of amides is 1. The van der Waals surface area contributed by atoms with Crippen LogP contribution in [0.5, 0.6) is 17.2 Å². The van der Waals surface area contributed by atoms with Crippen molar-refractivity contribution >= 4 is 23.5 Å². The third-order valence-corrected chi connectivity index (χ3v) is 4.36. The maximum Gasteiger partial charge on any atom is 0.338 e. The summed E-state index contributed by atoms with van der Waals surface area (Å²) >= 11 is 6.09. The number of rotatable bonds is 9. The molecule has 7 nitrogen and oxygen atoms in total. The van der Waals surface area contributed by atoms with Crippen LogP contribution in [-0.4, -0.2) is 51.3 Å². The number of nitrogens with zero attached hydrogens (tertiary/aromatic N) is 1. The highest BCUT2D eigenvalue weighted by Crippen LogP contribution is 2.36. The summed E-state index contributed by atoms with van der Waals surface area (Å²) in [7, 11) is 4.52. The smallest absolute Gasteiger partial charge is 0.338 e. The molecule has 1 amide bonds. The second-order valence-corrected chi connectivity index (χ2v) is 6.50. The molecule has 156 valence electrons. The molecule has 8 heteroatoms. The summed E-state index contributed by atoms with van der Waals surface area (Å²) in [6.45, 7) is 2.50. The van der Waals surface area contributed by atoms with E-state index in [-0.39, 0.29) is 16.5 Å². The minimum Gasteiger partial charge on any atom is -0.494 e. The summed E-state index contributed by atoms with van der Waals surface area (Å²) in [5.41, 5.74) is 1.09. The maximum absolute atomic E-state index is 12.3. The van der Waals surface area contributed by atoms with Gasteiger partial charge in [-0.25, -0.2) is 4.79 Å². The average Bonchev–Trinajstić information content (AvgIpc) is 2.72. The Bertz CT molecular complexity index is 853. The molecule has 2 rings (SSSR count). The van der Waals surface area contributed by atoms with Gasteiger partial charge in [-0.15, -0.1) is 0 Å². The summed E-state index contributed by atoms with van der Waals surface area (Å²) in [6, 6.07) is 10.3. The van der Waals surface area contributed by atoms with Crippen molar-refractivity contribution in [1.29, 1.82) is 0 Å². The van der Waals surface area contributed by atoms with Gasteiger partial charge in [-0.2, -0.15) is 0 Å². The first kappa shape index (κ1) is 22.4. The van der Waals surface area contributed by atoms with Crippen molar-refractivity contribution < 1.29 is 28.5 Å². The van der Waals surface area contributed by atoms with Gasteiger partial charge >= 0.3 is 5.97 Å². The Hall–Kier alpha value is -2.93. The molecule has 0 atom stereocenters. The first-order chi connectivity index (χ1) is 13.9. The number of benzene rings is 2. The van der Waals surface area contributed by atoms with Crippen LogP contribution < -0.4 is 14.2 Å². The van der Waals surface area contributed by atoms with Crippen LogP contribution in [0.2, 0.25) is 5.02 Å². The lowest BCUT2D eigenvalue weighted by Gasteiger charge is -2.17. The minimum atomic E-state index is -0.685. The third kappa shape index (κ3) is 6.02. The number of hydrogen-bond acceptors (Lipinski definition) is 6. The Kier molecular flexibility index (Phi) is 8.15. The van der Waals surface area contributed by atoms with Gasteiger partial charge in [0, 0.05) is 13.6 Å². The summed E-state index contributed by atoms with van der Waals surface area (Å²) in [5, 5.41) is 0.206. The molecule has 29 heavy (non-hydrogen) atoms. The van der Waals surface area contributed by atoms with Gasteiger partial charge in [0.2, 0.25) is 0 Å². The van der Waals surface area contributed by atoms with Gasteiger partial charge in [0.05, 0.1) is 31.4 Å². The Morgan fingerprint density at radius 2 is 1.76 bits per heavy atom. The molecule has 0 aliphatic rings. The van der Waals surface area contributed by atoms with Crippen molar-refractivity contribution in [3.8, 4) is 17.2 Å².